The van der Waals surface area contributed by atoms with Crippen molar-refractivity contribution in [2.75, 3.05) is 63.7 Å². The molecular formula is C19H25ClN6O2S. The zero-order valence-corrected chi connectivity index (χ0v) is 18.1. The average Bonchev–Trinajstić information content (AvgIpc) is 2.75. The van der Waals surface area contributed by atoms with E-state index in [4.69, 9.17) is 33.3 Å². The minimum absolute atomic E-state index is 0.480. The van der Waals surface area contributed by atoms with Crippen molar-refractivity contribution in [3.05, 3.63) is 35.6 Å². The zero-order chi connectivity index (χ0) is 20.6. The van der Waals surface area contributed by atoms with E-state index in [0.717, 1.165) is 45.2 Å². The molecule has 1 aromatic heterocycles. The van der Waals surface area contributed by atoms with Gasteiger partial charge in [-0.05, 0) is 18.3 Å². The Kier molecular flexibility index (Phi) is 7.68. The maximum absolute atomic E-state index is 6.14. The Bertz CT molecular complexity index is 818. The lowest BCUT2D eigenvalue weighted by atomic mass is 10.2. The van der Waals surface area contributed by atoms with Gasteiger partial charge in [-0.1, -0.05) is 11.6 Å². The van der Waals surface area contributed by atoms with Gasteiger partial charge in [-0.3, -0.25) is 4.90 Å². The highest BCUT2D eigenvalue weighted by atomic mass is 35.5. The number of ether oxygens (including phenoxy) is 2. The van der Waals surface area contributed by atoms with Crippen LogP contribution in [0.3, 0.4) is 0 Å². The normalized spacial score (nSPS) is 14.4. The maximum atomic E-state index is 6.14. The topological polar surface area (TPSA) is 74.8 Å². The van der Waals surface area contributed by atoms with Crippen molar-refractivity contribution in [1.29, 1.82) is 0 Å². The Balaban J connectivity index is 1.43. The summed E-state index contributed by atoms with van der Waals surface area (Å²) in [5.41, 5.74) is 0.697. The van der Waals surface area contributed by atoms with Gasteiger partial charge in [-0.15, -0.1) is 0 Å². The number of halogens is 1. The Hall–Kier alpha value is -2.36. The van der Waals surface area contributed by atoms with E-state index in [9.17, 15) is 0 Å². The number of rotatable bonds is 7. The number of methoxy groups -OCH3 is 2. The summed E-state index contributed by atoms with van der Waals surface area (Å²) >= 11 is 11.5. The number of benzene rings is 1. The van der Waals surface area contributed by atoms with Crippen molar-refractivity contribution in [2.24, 2.45) is 0 Å². The predicted molar refractivity (Wildman–Crippen MR) is 119 cm³/mol. The Morgan fingerprint density at radius 3 is 2.45 bits per heavy atom. The van der Waals surface area contributed by atoms with Gasteiger partial charge in [-0.25, -0.2) is 9.97 Å². The third-order valence-corrected chi connectivity index (χ3v) is 5.18. The van der Waals surface area contributed by atoms with Crippen LogP contribution in [0.2, 0.25) is 5.02 Å². The molecular weight excluding hydrogens is 412 g/mol. The Morgan fingerprint density at radius 1 is 1.10 bits per heavy atom. The number of aromatic nitrogens is 2. The van der Waals surface area contributed by atoms with Crippen molar-refractivity contribution in [2.45, 2.75) is 0 Å². The summed E-state index contributed by atoms with van der Waals surface area (Å²) in [6.45, 7) is 5.38. The van der Waals surface area contributed by atoms with Gasteiger partial charge in [0.05, 0.1) is 24.9 Å². The lowest BCUT2D eigenvalue weighted by molar-refractivity contribution is 0.260. The van der Waals surface area contributed by atoms with Crippen LogP contribution in [0.1, 0.15) is 0 Å². The monoisotopic (exact) mass is 436 g/mol. The summed E-state index contributed by atoms with van der Waals surface area (Å²) in [7, 11) is 3.15. The average molecular weight is 437 g/mol. The molecule has 2 N–H and O–H groups in total. The Labute approximate surface area is 181 Å². The number of hydrogen-bond donors (Lipinski definition) is 2. The van der Waals surface area contributed by atoms with Crippen LogP contribution in [-0.2, 0) is 0 Å². The number of anilines is 2. The minimum atomic E-state index is 0.480. The van der Waals surface area contributed by atoms with E-state index in [0.29, 0.717) is 27.3 Å². The molecule has 3 rings (SSSR count). The van der Waals surface area contributed by atoms with E-state index in [-0.39, 0.29) is 0 Å². The SMILES string of the molecule is COc1cc(NC(=S)NCCN2CCN(c3ncccn3)CC2)c(OC)cc1Cl. The first-order valence-corrected chi connectivity index (χ1v) is 10.1. The molecule has 0 spiro atoms. The molecule has 0 bridgehead atoms. The van der Waals surface area contributed by atoms with Gasteiger partial charge in [0, 0.05) is 63.8 Å². The van der Waals surface area contributed by atoms with Gasteiger partial charge in [-0.2, -0.15) is 0 Å². The molecule has 0 amide bonds. The summed E-state index contributed by atoms with van der Waals surface area (Å²) in [5, 5.41) is 7.38. The van der Waals surface area contributed by atoms with Gasteiger partial charge in [0.2, 0.25) is 5.95 Å². The highest BCUT2D eigenvalue weighted by Crippen LogP contribution is 2.35. The summed E-state index contributed by atoms with van der Waals surface area (Å²) < 4.78 is 10.6. The van der Waals surface area contributed by atoms with Crippen LogP contribution in [0.25, 0.3) is 0 Å². The van der Waals surface area contributed by atoms with Crippen molar-refractivity contribution in [3.8, 4) is 11.5 Å². The molecule has 2 heterocycles. The second-order valence-electron chi connectivity index (χ2n) is 6.45. The van der Waals surface area contributed by atoms with Crippen LogP contribution in [-0.4, -0.2) is 73.5 Å². The first kappa shape index (κ1) is 21.4. The van der Waals surface area contributed by atoms with E-state index in [2.05, 4.69) is 30.4 Å². The molecule has 1 aromatic carbocycles. The molecule has 0 unspecified atom stereocenters. The molecule has 1 aliphatic heterocycles. The standard InChI is InChI=1S/C19H25ClN6O2S/c1-27-16-13-15(17(28-2)12-14(16)20)24-19(29)23-6-7-25-8-10-26(11-9-25)18-21-4-3-5-22-18/h3-5,12-13H,6-11H2,1-2H3,(H2,23,24,29). The van der Waals surface area contributed by atoms with E-state index >= 15 is 0 Å². The summed E-state index contributed by atoms with van der Waals surface area (Å²) in [6.07, 6.45) is 3.55. The molecule has 0 radical (unpaired) electrons. The van der Waals surface area contributed by atoms with Gasteiger partial charge in [0.25, 0.3) is 0 Å². The number of nitrogens with zero attached hydrogens (tertiary/aromatic N) is 4. The molecule has 1 aliphatic rings. The van der Waals surface area contributed by atoms with Crippen molar-refractivity contribution < 1.29 is 9.47 Å². The quantitative estimate of drug-likeness (QED) is 0.635. The largest absolute Gasteiger partial charge is 0.495 e. The van der Waals surface area contributed by atoms with Crippen LogP contribution >= 0.6 is 23.8 Å². The van der Waals surface area contributed by atoms with Gasteiger partial charge in [0.1, 0.15) is 11.5 Å². The molecule has 0 saturated carbocycles. The van der Waals surface area contributed by atoms with Crippen LogP contribution in [0.4, 0.5) is 11.6 Å². The van der Waals surface area contributed by atoms with Gasteiger partial charge < -0.3 is 25.0 Å². The summed E-state index contributed by atoms with van der Waals surface area (Å²) in [6, 6.07) is 5.29. The molecule has 0 atom stereocenters. The third-order valence-electron chi connectivity index (χ3n) is 4.64. The van der Waals surface area contributed by atoms with Crippen molar-refractivity contribution in [3.63, 3.8) is 0 Å². The molecule has 29 heavy (non-hydrogen) atoms. The Morgan fingerprint density at radius 2 is 1.79 bits per heavy atom. The molecule has 2 aromatic rings. The highest BCUT2D eigenvalue weighted by Gasteiger charge is 2.18. The van der Waals surface area contributed by atoms with E-state index < -0.39 is 0 Å². The second-order valence-corrected chi connectivity index (χ2v) is 7.26. The van der Waals surface area contributed by atoms with Crippen LogP contribution in [0.15, 0.2) is 30.6 Å². The van der Waals surface area contributed by atoms with E-state index in [1.54, 1.807) is 38.7 Å². The van der Waals surface area contributed by atoms with Crippen molar-refractivity contribution in [1.82, 2.24) is 20.2 Å². The zero-order valence-electron chi connectivity index (χ0n) is 16.5. The third kappa shape index (κ3) is 5.81. The first-order chi connectivity index (χ1) is 14.1. The number of thiocarbonyl (C=S) groups is 1. The molecule has 156 valence electrons. The lowest BCUT2D eigenvalue weighted by Crippen LogP contribution is -2.49. The molecule has 10 heteroatoms. The lowest BCUT2D eigenvalue weighted by Gasteiger charge is -2.34. The first-order valence-electron chi connectivity index (χ1n) is 9.31. The summed E-state index contributed by atoms with van der Waals surface area (Å²) in [5.74, 6) is 1.94. The fourth-order valence-electron chi connectivity index (χ4n) is 3.08. The maximum Gasteiger partial charge on any atom is 0.225 e. The minimum Gasteiger partial charge on any atom is -0.495 e. The number of nitrogens with one attached hydrogen (secondary N) is 2. The highest BCUT2D eigenvalue weighted by molar-refractivity contribution is 7.80. The predicted octanol–water partition coefficient (Wildman–Crippen LogP) is 2.26. The number of piperazine rings is 1. The van der Waals surface area contributed by atoms with E-state index in [1.165, 1.54) is 0 Å². The van der Waals surface area contributed by atoms with Gasteiger partial charge >= 0.3 is 0 Å². The fourth-order valence-corrected chi connectivity index (χ4v) is 3.52. The van der Waals surface area contributed by atoms with Crippen LogP contribution < -0.4 is 25.0 Å². The molecule has 0 aliphatic carbocycles. The van der Waals surface area contributed by atoms with E-state index in [1.807, 2.05) is 6.07 Å². The number of hydrogen-bond acceptors (Lipinski definition) is 7. The molecule has 8 nitrogen and oxygen atoms in total. The van der Waals surface area contributed by atoms with Gasteiger partial charge in [0.15, 0.2) is 5.11 Å². The smallest absolute Gasteiger partial charge is 0.225 e. The molecule has 1 saturated heterocycles. The molecule has 1 fully saturated rings. The fraction of sp³-hybridized carbons (Fsp3) is 0.421. The summed E-state index contributed by atoms with van der Waals surface area (Å²) in [4.78, 5) is 13.2. The van der Waals surface area contributed by atoms with Crippen LogP contribution in [0, 0.1) is 0 Å². The second kappa shape index (κ2) is 10.4. The van der Waals surface area contributed by atoms with Crippen LogP contribution in [0.5, 0.6) is 11.5 Å². The van der Waals surface area contributed by atoms with Crippen molar-refractivity contribution >= 4 is 40.6 Å².